The Labute approximate surface area is 187 Å². The van der Waals surface area contributed by atoms with Crippen molar-refractivity contribution in [2.75, 3.05) is 12.0 Å². The van der Waals surface area contributed by atoms with Gasteiger partial charge < -0.3 is 9.30 Å². The smallest absolute Gasteiger partial charge is 0.271 e. The highest BCUT2D eigenvalue weighted by molar-refractivity contribution is 7.80. The largest absolute Gasteiger partial charge is 0.495 e. The number of hydrogen-bond donors (Lipinski definition) is 1. The van der Waals surface area contributed by atoms with Gasteiger partial charge in [0.05, 0.1) is 23.4 Å². The second-order valence-corrected chi connectivity index (χ2v) is 7.10. The van der Waals surface area contributed by atoms with E-state index in [-0.39, 0.29) is 16.4 Å². The lowest BCUT2D eigenvalue weighted by atomic mass is 10.1. The molecule has 32 heavy (non-hydrogen) atoms. The van der Waals surface area contributed by atoms with Crippen molar-refractivity contribution in [1.29, 1.82) is 0 Å². The molecule has 0 bridgehead atoms. The van der Waals surface area contributed by atoms with Crippen molar-refractivity contribution >= 4 is 46.6 Å². The van der Waals surface area contributed by atoms with Crippen LogP contribution in [0.15, 0.2) is 72.4 Å². The predicted octanol–water partition coefficient (Wildman–Crippen LogP) is 3.23. The van der Waals surface area contributed by atoms with Crippen molar-refractivity contribution in [3.63, 3.8) is 0 Å². The van der Waals surface area contributed by atoms with E-state index in [1.165, 1.54) is 30.2 Å². The lowest BCUT2D eigenvalue weighted by Crippen LogP contribution is -2.54. The molecule has 2 aromatic carbocycles. The van der Waals surface area contributed by atoms with Gasteiger partial charge in [-0.05, 0) is 48.6 Å². The van der Waals surface area contributed by atoms with Crippen LogP contribution in [0.5, 0.6) is 5.75 Å². The molecule has 2 heterocycles. The third-order valence-electron chi connectivity index (χ3n) is 4.82. The van der Waals surface area contributed by atoms with Crippen LogP contribution < -0.4 is 15.0 Å². The maximum absolute atomic E-state index is 13.3. The molecule has 1 aliphatic heterocycles. The number of nitrogens with one attached hydrogen (secondary N) is 1. The number of carbonyl (C=O) groups excluding carboxylic acids is 2. The number of aromatic nitrogens is 1. The van der Waals surface area contributed by atoms with Gasteiger partial charge in [0.1, 0.15) is 11.3 Å². The molecule has 1 fully saturated rings. The number of non-ortho nitro benzene ring substituents is 1. The molecule has 0 aliphatic carbocycles. The summed E-state index contributed by atoms with van der Waals surface area (Å²) in [4.78, 5) is 37.7. The number of nitro groups is 1. The number of ether oxygens (including phenoxy) is 1. The number of amides is 2. The molecule has 9 nitrogen and oxygen atoms in total. The highest BCUT2D eigenvalue weighted by atomic mass is 32.1. The molecule has 0 unspecified atom stereocenters. The third-order valence-corrected chi connectivity index (χ3v) is 5.10. The van der Waals surface area contributed by atoms with Gasteiger partial charge in [0.25, 0.3) is 17.5 Å². The Balaban J connectivity index is 1.77. The first-order valence-electron chi connectivity index (χ1n) is 9.37. The number of rotatable bonds is 5. The van der Waals surface area contributed by atoms with Crippen molar-refractivity contribution in [1.82, 2.24) is 9.88 Å². The summed E-state index contributed by atoms with van der Waals surface area (Å²) in [6.07, 6.45) is 3.10. The number of thiocarbonyl (C=S) groups is 1. The molecule has 10 heteroatoms. The van der Waals surface area contributed by atoms with Gasteiger partial charge in [0.15, 0.2) is 5.11 Å². The minimum atomic E-state index is -0.641. The number of benzene rings is 2. The summed E-state index contributed by atoms with van der Waals surface area (Å²) in [5.41, 5.74) is 1.17. The van der Waals surface area contributed by atoms with Crippen LogP contribution in [0, 0.1) is 10.1 Å². The van der Waals surface area contributed by atoms with Crippen LogP contribution in [0.3, 0.4) is 0 Å². The molecule has 2 amide bonds. The summed E-state index contributed by atoms with van der Waals surface area (Å²) < 4.78 is 6.97. The van der Waals surface area contributed by atoms with E-state index in [4.69, 9.17) is 17.0 Å². The number of carbonyl (C=O) groups is 2. The molecule has 4 rings (SSSR count). The van der Waals surface area contributed by atoms with Crippen LogP contribution in [0.4, 0.5) is 11.4 Å². The van der Waals surface area contributed by atoms with Crippen LogP contribution in [0.2, 0.25) is 0 Å². The SMILES string of the molecule is COc1ccccc1N1C(=O)C(=Cc2cccn2-c2cccc([N+](=O)[O-])c2)C(=O)NC1=S. The predicted molar refractivity (Wildman–Crippen MR) is 122 cm³/mol. The molecule has 1 saturated heterocycles. The second kappa shape index (κ2) is 8.44. The Morgan fingerprint density at radius 2 is 1.88 bits per heavy atom. The first-order chi connectivity index (χ1) is 15.4. The average molecular weight is 448 g/mol. The molecule has 3 aromatic rings. The summed E-state index contributed by atoms with van der Waals surface area (Å²) in [5, 5.41) is 13.6. The fraction of sp³-hybridized carbons (Fsp3) is 0.0455. The van der Waals surface area contributed by atoms with Crippen LogP contribution >= 0.6 is 12.2 Å². The van der Waals surface area contributed by atoms with Gasteiger partial charge in [-0.15, -0.1) is 0 Å². The lowest BCUT2D eigenvalue weighted by Gasteiger charge is -2.29. The summed E-state index contributed by atoms with van der Waals surface area (Å²) in [7, 11) is 1.47. The van der Waals surface area contributed by atoms with Crippen LogP contribution in [-0.4, -0.2) is 33.5 Å². The zero-order valence-corrected chi connectivity index (χ0v) is 17.5. The van der Waals surface area contributed by atoms with Crippen molar-refractivity contribution in [3.05, 3.63) is 88.2 Å². The van der Waals surface area contributed by atoms with Gasteiger partial charge >= 0.3 is 0 Å². The highest BCUT2D eigenvalue weighted by Gasteiger charge is 2.36. The average Bonchev–Trinajstić information content (AvgIpc) is 3.25. The van der Waals surface area contributed by atoms with Crippen molar-refractivity contribution in [3.8, 4) is 11.4 Å². The number of nitro benzene ring substituents is 1. The van der Waals surface area contributed by atoms with Crippen molar-refractivity contribution < 1.29 is 19.2 Å². The monoisotopic (exact) mass is 448 g/mol. The first-order valence-corrected chi connectivity index (χ1v) is 9.78. The minimum absolute atomic E-state index is 0.0595. The summed E-state index contributed by atoms with van der Waals surface area (Å²) >= 11 is 5.23. The zero-order chi connectivity index (χ0) is 22.8. The Hall–Kier alpha value is -4.31. The molecule has 1 aliphatic rings. The fourth-order valence-corrected chi connectivity index (χ4v) is 3.62. The van der Waals surface area contributed by atoms with E-state index in [0.29, 0.717) is 22.8 Å². The Morgan fingerprint density at radius 3 is 2.62 bits per heavy atom. The van der Waals surface area contributed by atoms with E-state index in [0.717, 1.165) is 0 Å². The Kier molecular flexibility index (Phi) is 5.52. The normalized spacial score (nSPS) is 15.1. The highest BCUT2D eigenvalue weighted by Crippen LogP contribution is 2.31. The summed E-state index contributed by atoms with van der Waals surface area (Å²) in [5.74, 6) is -0.841. The molecule has 0 saturated carbocycles. The number of nitrogens with zero attached hydrogens (tertiary/aromatic N) is 3. The van der Waals surface area contributed by atoms with Crippen LogP contribution in [-0.2, 0) is 9.59 Å². The molecular formula is C22H16N4O5S. The minimum Gasteiger partial charge on any atom is -0.495 e. The molecule has 1 N–H and O–H groups in total. The summed E-state index contributed by atoms with van der Waals surface area (Å²) in [6.45, 7) is 0. The lowest BCUT2D eigenvalue weighted by molar-refractivity contribution is -0.384. The second-order valence-electron chi connectivity index (χ2n) is 6.71. The number of para-hydroxylation sites is 2. The Bertz CT molecular complexity index is 1300. The number of methoxy groups -OCH3 is 1. The Morgan fingerprint density at radius 1 is 1.09 bits per heavy atom. The van der Waals surface area contributed by atoms with E-state index in [1.807, 2.05) is 0 Å². The molecule has 0 radical (unpaired) electrons. The third kappa shape index (κ3) is 3.74. The van der Waals surface area contributed by atoms with E-state index in [2.05, 4.69) is 5.32 Å². The first kappa shape index (κ1) is 20.9. The molecule has 160 valence electrons. The van der Waals surface area contributed by atoms with Gasteiger partial charge in [0.2, 0.25) is 0 Å². The fourth-order valence-electron chi connectivity index (χ4n) is 3.34. The quantitative estimate of drug-likeness (QED) is 0.211. The van der Waals surface area contributed by atoms with Crippen LogP contribution in [0.25, 0.3) is 11.8 Å². The molecule has 1 aromatic heterocycles. The van der Waals surface area contributed by atoms with Gasteiger partial charge in [-0.2, -0.15) is 0 Å². The van der Waals surface area contributed by atoms with E-state index in [9.17, 15) is 19.7 Å². The van der Waals surface area contributed by atoms with E-state index >= 15 is 0 Å². The maximum atomic E-state index is 13.3. The van der Waals surface area contributed by atoms with Crippen molar-refractivity contribution in [2.45, 2.75) is 0 Å². The summed E-state index contributed by atoms with van der Waals surface area (Å²) in [6, 6.07) is 16.2. The molecule has 0 atom stereocenters. The number of hydrogen-bond acceptors (Lipinski definition) is 6. The van der Waals surface area contributed by atoms with Gasteiger partial charge in [-0.3, -0.25) is 25.0 Å². The van der Waals surface area contributed by atoms with Gasteiger partial charge in [-0.1, -0.05) is 18.2 Å². The molecular weight excluding hydrogens is 432 g/mol. The van der Waals surface area contributed by atoms with E-state index < -0.39 is 16.7 Å². The van der Waals surface area contributed by atoms with Gasteiger partial charge in [-0.25, -0.2) is 4.90 Å². The standard InChI is InChI=1S/C22H16N4O5S/c1-31-19-10-3-2-9-18(19)25-21(28)17(20(27)23-22(25)32)13-15-8-5-11-24(15)14-6-4-7-16(12-14)26(29)30/h2-13H,1H3,(H,23,27,32). The van der Waals surface area contributed by atoms with Crippen molar-refractivity contribution in [2.24, 2.45) is 0 Å². The molecule has 0 spiro atoms. The zero-order valence-electron chi connectivity index (χ0n) is 16.7. The van der Waals surface area contributed by atoms with Gasteiger partial charge in [0, 0.05) is 24.0 Å². The number of anilines is 1. The maximum Gasteiger partial charge on any atom is 0.271 e. The topological polar surface area (TPSA) is 107 Å². The van der Waals surface area contributed by atoms with Crippen LogP contribution in [0.1, 0.15) is 5.69 Å². The van der Waals surface area contributed by atoms with E-state index in [1.54, 1.807) is 59.3 Å².